The molecule has 2 amide bonds. The molecular weight excluding hydrogens is 330 g/mol. The van der Waals surface area contributed by atoms with Gasteiger partial charge in [0.1, 0.15) is 12.1 Å². The van der Waals surface area contributed by atoms with Crippen molar-refractivity contribution < 1.29 is 4.79 Å². The molecular formula is C18H27N7O. The van der Waals surface area contributed by atoms with E-state index in [1.807, 2.05) is 21.7 Å². The van der Waals surface area contributed by atoms with E-state index in [1.54, 1.807) is 18.9 Å². The molecule has 1 N–H and O–H groups in total. The number of rotatable bonds is 6. The van der Waals surface area contributed by atoms with Crippen molar-refractivity contribution >= 4 is 11.8 Å². The Balaban J connectivity index is 1.51. The maximum Gasteiger partial charge on any atom is 0.317 e. The minimum atomic E-state index is 0.00792. The number of hydrogen-bond donors (Lipinski definition) is 1. The minimum Gasteiger partial charge on any atom is -0.353 e. The fourth-order valence-electron chi connectivity index (χ4n) is 3.08. The molecule has 0 saturated carbocycles. The van der Waals surface area contributed by atoms with E-state index in [1.165, 1.54) is 0 Å². The molecule has 0 spiro atoms. The Morgan fingerprint density at radius 2 is 2.04 bits per heavy atom. The second kappa shape index (κ2) is 8.64. The molecule has 8 nitrogen and oxygen atoms in total. The molecule has 2 aromatic heterocycles. The molecule has 1 fully saturated rings. The molecule has 0 radical (unpaired) electrons. The zero-order valence-corrected chi connectivity index (χ0v) is 15.5. The standard InChI is InChI=1S/C18H27N7O/c1-3-15-11-17(21-13-20-15)24-7-9-25(10-8-24)18(26)22-16(4-2)12-23-6-5-19-14-23/h5-6,11,13-14,16H,3-4,7-10,12H2,1-2H3,(H,22,26)/t16-/m0/s1. The van der Waals surface area contributed by atoms with Crippen LogP contribution < -0.4 is 10.2 Å². The minimum absolute atomic E-state index is 0.00792. The van der Waals surface area contributed by atoms with E-state index in [0.717, 1.165) is 44.0 Å². The van der Waals surface area contributed by atoms with E-state index in [2.05, 4.69) is 39.0 Å². The Hall–Kier alpha value is -2.64. The third-order valence-corrected chi connectivity index (χ3v) is 4.77. The number of imidazole rings is 1. The molecule has 3 rings (SSSR count). The summed E-state index contributed by atoms with van der Waals surface area (Å²) in [5.41, 5.74) is 1.04. The number of nitrogens with zero attached hydrogens (tertiary/aromatic N) is 6. The highest BCUT2D eigenvalue weighted by Gasteiger charge is 2.23. The monoisotopic (exact) mass is 357 g/mol. The van der Waals surface area contributed by atoms with Crippen molar-refractivity contribution in [3.05, 3.63) is 36.8 Å². The highest BCUT2D eigenvalue weighted by Crippen LogP contribution is 2.14. The van der Waals surface area contributed by atoms with Crippen LogP contribution >= 0.6 is 0 Å². The third kappa shape index (κ3) is 4.50. The van der Waals surface area contributed by atoms with Crippen LogP contribution in [0.2, 0.25) is 0 Å². The van der Waals surface area contributed by atoms with Crippen LogP contribution in [0.1, 0.15) is 26.0 Å². The molecule has 1 aliphatic heterocycles. The van der Waals surface area contributed by atoms with Crippen molar-refractivity contribution in [1.82, 2.24) is 29.7 Å². The summed E-state index contributed by atoms with van der Waals surface area (Å²) in [5.74, 6) is 0.948. The smallest absolute Gasteiger partial charge is 0.317 e. The van der Waals surface area contributed by atoms with Crippen LogP contribution in [0.5, 0.6) is 0 Å². The van der Waals surface area contributed by atoms with E-state index >= 15 is 0 Å². The first-order valence-electron chi connectivity index (χ1n) is 9.26. The molecule has 0 bridgehead atoms. The van der Waals surface area contributed by atoms with Crippen LogP contribution in [-0.2, 0) is 13.0 Å². The highest BCUT2D eigenvalue weighted by molar-refractivity contribution is 5.74. The van der Waals surface area contributed by atoms with Crippen LogP contribution in [0, 0.1) is 0 Å². The number of carbonyl (C=O) groups excluding carboxylic acids is 1. The lowest BCUT2D eigenvalue weighted by Crippen LogP contribution is -2.54. The Labute approximate surface area is 154 Å². The zero-order valence-electron chi connectivity index (χ0n) is 15.5. The van der Waals surface area contributed by atoms with Gasteiger partial charge in [-0.25, -0.2) is 19.7 Å². The molecule has 0 aromatic carbocycles. The summed E-state index contributed by atoms with van der Waals surface area (Å²) in [5, 5.41) is 3.14. The van der Waals surface area contributed by atoms with E-state index in [0.29, 0.717) is 13.1 Å². The van der Waals surface area contributed by atoms with Crippen LogP contribution in [0.3, 0.4) is 0 Å². The molecule has 0 unspecified atom stereocenters. The average molecular weight is 357 g/mol. The van der Waals surface area contributed by atoms with Gasteiger partial charge in [-0.3, -0.25) is 0 Å². The normalized spacial score (nSPS) is 15.8. The van der Waals surface area contributed by atoms with Crippen molar-refractivity contribution in [3.63, 3.8) is 0 Å². The summed E-state index contributed by atoms with van der Waals surface area (Å²) in [7, 11) is 0. The zero-order chi connectivity index (χ0) is 18.4. The highest BCUT2D eigenvalue weighted by atomic mass is 16.2. The molecule has 3 heterocycles. The first kappa shape index (κ1) is 18.2. The predicted molar refractivity (Wildman–Crippen MR) is 100 cm³/mol. The van der Waals surface area contributed by atoms with Gasteiger partial charge in [-0.1, -0.05) is 13.8 Å². The van der Waals surface area contributed by atoms with Gasteiger partial charge in [-0.15, -0.1) is 0 Å². The first-order chi connectivity index (χ1) is 12.7. The van der Waals surface area contributed by atoms with Crippen LogP contribution in [-0.4, -0.2) is 62.7 Å². The number of carbonyl (C=O) groups is 1. The number of amides is 2. The summed E-state index contributed by atoms with van der Waals surface area (Å²) in [4.78, 5) is 29.4. The summed E-state index contributed by atoms with van der Waals surface area (Å²) in [6, 6.07) is 2.14. The molecule has 140 valence electrons. The lowest BCUT2D eigenvalue weighted by molar-refractivity contribution is 0.188. The van der Waals surface area contributed by atoms with Crippen LogP contribution in [0.4, 0.5) is 10.6 Å². The van der Waals surface area contributed by atoms with Crippen molar-refractivity contribution in [2.75, 3.05) is 31.1 Å². The number of urea groups is 1. The Morgan fingerprint density at radius 3 is 2.69 bits per heavy atom. The molecule has 26 heavy (non-hydrogen) atoms. The Morgan fingerprint density at radius 1 is 1.23 bits per heavy atom. The van der Waals surface area contributed by atoms with Gasteiger partial charge in [-0.2, -0.15) is 0 Å². The molecule has 1 saturated heterocycles. The van der Waals surface area contributed by atoms with Gasteiger partial charge in [-0.05, 0) is 12.8 Å². The summed E-state index contributed by atoms with van der Waals surface area (Å²) in [6.07, 6.45) is 8.84. The number of piperazine rings is 1. The Bertz CT molecular complexity index is 695. The number of nitrogens with one attached hydrogen (secondary N) is 1. The summed E-state index contributed by atoms with van der Waals surface area (Å²) in [6.45, 7) is 7.86. The Kier molecular flexibility index (Phi) is 6.04. The van der Waals surface area contributed by atoms with Crippen molar-refractivity contribution in [2.45, 2.75) is 39.3 Å². The molecule has 1 atom stereocenters. The SMILES string of the molecule is CCc1cc(N2CCN(C(=O)N[C@@H](CC)Cn3ccnc3)CC2)ncn1. The first-order valence-corrected chi connectivity index (χ1v) is 9.26. The summed E-state index contributed by atoms with van der Waals surface area (Å²) >= 11 is 0. The maximum atomic E-state index is 12.6. The van der Waals surface area contributed by atoms with E-state index in [-0.39, 0.29) is 12.1 Å². The number of hydrogen-bond acceptors (Lipinski definition) is 5. The van der Waals surface area contributed by atoms with Gasteiger partial charge < -0.3 is 19.7 Å². The molecule has 2 aromatic rings. The second-order valence-electron chi connectivity index (χ2n) is 6.51. The number of aryl methyl sites for hydroxylation is 1. The van der Waals surface area contributed by atoms with Crippen LogP contribution in [0.15, 0.2) is 31.1 Å². The van der Waals surface area contributed by atoms with Crippen molar-refractivity contribution in [1.29, 1.82) is 0 Å². The topological polar surface area (TPSA) is 79.2 Å². The molecule has 0 aliphatic carbocycles. The van der Waals surface area contributed by atoms with Gasteiger partial charge in [0.15, 0.2) is 0 Å². The predicted octanol–water partition coefficient (Wildman–Crippen LogP) is 1.55. The van der Waals surface area contributed by atoms with Gasteiger partial charge in [0.2, 0.25) is 0 Å². The van der Waals surface area contributed by atoms with Gasteiger partial charge in [0, 0.05) is 62.9 Å². The average Bonchev–Trinajstić information content (AvgIpc) is 3.20. The lowest BCUT2D eigenvalue weighted by atomic mass is 10.2. The molecule has 1 aliphatic rings. The van der Waals surface area contributed by atoms with Crippen molar-refractivity contribution in [3.8, 4) is 0 Å². The fourth-order valence-corrected chi connectivity index (χ4v) is 3.08. The van der Waals surface area contributed by atoms with Gasteiger partial charge >= 0.3 is 6.03 Å². The van der Waals surface area contributed by atoms with E-state index < -0.39 is 0 Å². The maximum absolute atomic E-state index is 12.6. The molecule has 8 heteroatoms. The number of anilines is 1. The lowest BCUT2D eigenvalue weighted by Gasteiger charge is -2.36. The second-order valence-corrected chi connectivity index (χ2v) is 6.51. The summed E-state index contributed by atoms with van der Waals surface area (Å²) < 4.78 is 1.99. The number of aromatic nitrogens is 4. The van der Waals surface area contributed by atoms with Crippen LogP contribution in [0.25, 0.3) is 0 Å². The largest absolute Gasteiger partial charge is 0.353 e. The van der Waals surface area contributed by atoms with E-state index in [4.69, 9.17) is 0 Å². The third-order valence-electron chi connectivity index (χ3n) is 4.77. The quantitative estimate of drug-likeness (QED) is 0.848. The van der Waals surface area contributed by atoms with Gasteiger partial charge in [0.05, 0.1) is 6.33 Å². The fraction of sp³-hybridized carbons (Fsp3) is 0.556. The van der Waals surface area contributed by atoms with Crippen molar-refractivity contribution in [2.24, 2.45) is 0 Å². The van der Waals surface area contributed by atoms with E-state index in [9.17, 15) is 4.79 Å². The van der Waals surface area contributed by atoms with Gasteiger partial charge in [0.25, 0.3) is 0 Å².